The second kappa shape index (κ2) is 11.4. The Morgan fingerprint density at radius 1 is 1.18 bits per heavy atom. The number of halogens is 2. The van der Waals surface area contributed by atoms with Gasteiger partial charge in [0.05, 0.1) is 11.8 Å². The minimum Gasteiger partial charge on any atom is -0.342 e. The summed E-state index contributed by atoms with van der Waals surface area (Å²) >= 11 is 13.2. The van der Waals surface area contributed by atoms with Gasteiger partial charge in [0.25, 0.3) is 5.91 Å². The lowest BCUT2D eigenvalue weighted by Crippen LogP contribution is -2.29. The van der Waals surface area contributed by atoms with Crippen molar-refractivity contribution >= 4 is 52.5 Å². The Balaban J connectivity index is 1.68. The molecule has 10 heteroatoms. The number of rotatable bonds is 9. The van der Waals surface area contributed by atoms with Crippen molar-refractivity contribution in [3.63, 3.8) is 0 Å². The number of carbonyl (C=O) groups is 2. The number of aryl methyl sites for hydroxylation is 1. The second-order valence-corrected chi connectivity index (χ2v) is 9.06. The predicted molar refractivity (Wildman–Crippen MR) is 133 cm³/mol. The lowest BCUT2D eigenvalue weighted by Gasteiger charge is -2.16. The van der Waals surface area contributed by atoms with Gasteiger partial charge in [0.1, 0.15) is 0 Å². The standard InChI is InChI=1S/C23H23Cl2N5O2S/c1-4-9-30-21(15(3)26-22(32)19-8-6-5-7-14(19)2)28-29-23(30)33-13-20(31)27-18-11-16(24)10-17(25)12-18/h4-8,10-12,15H,1,9,13H2,2-3H3,(H,26,32)(H,27,31)/t15-/m1/s1. The highest BCUT2D eigenvalue weighted by Gasteiger charge is 2.21. The maximum Gasteiger partial charge on any atom is 0.252 e. The van der Waals surface area contributed by atoms with Gasteiger partial charge in [0, 0.05) is 27.8 Å². The number of hydrogen-bond donors (Lipinski definition) is 2. The number of nitrogens with one attached hydrogen (secondary N) is 2. The van der Waals surface area contributed by atoms with E-state index in [-0.39, 0.29) is 17.6 Å². The van der Waals surface area contributed by atoms with Crippen LogP contribution in [0.25, 0.3) is 0 Å². The summed E-state index contributed by atoms with van der Waals surface area (Å²) in [5, 5.41) is 15.6. The maximum absolute atomic E-state index is 12.7. The number of allylic oxidation sites excluding steroid dienone is 1. The summed E-state index contributed by atoms with van der Waals surface area (Å²) in [6, 6.07) is 11.8. The fraction of sp³-hybridized carbons (Fsp3) is 0.217. The molecule has 172 valence electrons. The van der Waals surface area contributed by atoms with E-state index in [2.05, 4.69) is 27.4 Å². The van der Waals surface area contributed by atoms with Crippen LogP contribution in [0.5, 0.6) is 0 Å². The van der Waals surface area contributed by atoms with Crippen LogP contribution in [0.4, 0.5) is 5.69 Å². The Morgan fingerprint density at radius 2 is 1.88 bits per heavy atom. The van der Waals surface area contributed by atoms with E-state index in [0.29, 0.717) is 38.8 Å². The van der Waals surface area contributed by atoms with Crippen LogP contribution in [0, 0.1) is 6.92 Å². The van der Waals surface area contributed by atoms with Gasteiger partial charge in [-0.25, -0.2) is 0 Å². The van der Waals surface area contributed by atoms with Crippen molar-refractivity contribution < 1.29 is 9.59 Å². The van der Waals surface area contributed by atoms with E-state index in [4.69, 9.17) is 23.2 Å². The number of benzene rings is 2. The zero-order chi connectivity index (χ0) is 24.0. The smallest absolute Gasteiger partial charge is 0.252 e. The third-order valence-corrected chi connectivity index (χ3v) is 6.06. The highest BCUT2D eigenvalue weighted by atomic mass is 35.5. The summed E-state index contributed by atoms with van der Waals surface area (Å²) in [7, 11) is 0. The van der Waals surface area contributed by atoms with E-state index in [1.165, 1.54) is 11.8 Å². The first-order valence-corrected chi connectivity index (χ1v) is 11.8. The molecule has 0 spiro atoms. The number of aromatic nitrogens is 3. The molecule has 2 N–H and O–H groups in total. The summed E-state index contributed by atoms with van der Waals surface area (Å²) in [6.45, 7) is 7.94. The van der Waals surface area contributed by atoms with Crippen LogP contribution in [-0.2, 0) is 11.3 Å². The second-order valence-electron chi connectivity index (χ2n) is 7.25. The van der Waals surface area contributed by atoms with Gasteiger partial charge in [-0.2, -0.15) is 0 Å². The number of nitrogens with zero attached hydrogens (tertiary/aromatic N) is 3. The Bertz CT molecular complexity index is 1160. The van der Waals surface area contributed by atoms with E-state index < -0.39 is 6.04 Å². The molecule has 0 bridgehead atoms. The summed E-state index contributed by atoms with van der Waals surface area (Å²) in [5.74, 6) is 0.237. The number of anilines is 1. The van der Waals surface area contributed by atoms with Crippen LogP contribution in [0.3, 0.4) is 0 Å². The van der Waals surface area contributed by atoms with Crippen molar-refractivity contribution in [3.05, 3.63) is 82.1 Å². The van der Waals surface area contributed by atoms with Crippen molar-refractivity contribution in [3.8, 4) is 0 Å². The molecule has 1 atom stereocenters. The quantitative estimate of drug-likeness (QED) is 0.305. The number of amides is 2. The molecule has 1 heterocycles. The van der Waals surface area contributed by atoms with Gasteiger partial charge in [0.15, 0.2) is 11.0 Å². The van der Waals surface area contributed by atoms with E-state index in [0.717, 1.165) is 5.56 Å². The molecule has 7 nitrogen and oxygen atoms in total. The van der Waals surface area contributed by atoms with Crippen LogP contribution < -0.4 is 10.6 Å². The molecule has 0 radical (unpaired) electrons. The van der Waals surface area contributed by atoms with E-state index in [1.807, 2.05) is 36.6 Å². The lowest BCUT2D eigenvalue weighted by molar-refractivity contribution is -0.113. The Morgan fingerprint density at radius 3 is 2.55 bits per heavy atom. The number of carbonyl (C=O) groups excluding carboxylic acids is 2. The average Bonchev–Trinajstić information content (AvgIpc) is 3.14. The van der Waals surface area contributed by atoms with Crippen LogP contribution in [0.2, 0.25) is 10.0 Å². The first kappa shape index (κ1) is 24.8. The maximum atomic E-state index is 12.7. The third-order valence-electron chi connectivity index (χ3n) is 4.66. The van der Waals surface area contributed by atoms with Crippen molar-refractivity contribution in [1.29, 1.82) is 0 Å². The molecule has 33 heavy (non-hydrogen) atoms. The van der Waals surface area contributed by atoms with Crippen LogP contribution in [-0.4, -0.2) is 32.3 Å². The summed E-state index contributed by atoms with van der Waals surface area (Å²) in [6.07, 6.45) is 1.71. The normalized spacial score (nSPS) is 11.6. The molecule has 0 fully saturated rings. The molecular weight excluding hydrogens is 481 g/mol. The van der Waals surface area contributed by atoms with Crippen molar-refractivity contribution in [2.24, 2.45) is 0 Å². The van der Waals surface area contributed by atoms with Gasteiger partial charge < -0.3 is 15.2 Å². The molecule has 0 saturated carbocycles. The number of hydrogen-bond acceptors (Lipinski definition) is 5. The zero-order valence-corrected chi connectivity index (χ0v) is 20.5. The minimum atomic E-state index is -0.402. The molecule has 3 rings (SSSR count). The van der Waals surface area contributed by atoms with E-state index in [9.17, 15) is 9.59 Å². The van der Waals surface area contributed by atoms with Crippen molar-refractivity contribution in [2.45, 2.75) is 31.6 Å². The Labute approximate surface area is 206 Å². The van der Waals surface area contributed by atoms with Crippen molar-refractivity contribution in [1.82, 2.24) is 20.1 Å². The average molecular weight is 504 g/mol. The van der Waals surface area contributed by atoms with Gasteiger partial charge in [-0.3, -0.25) is 9.59 Å². The van der Waals surface area contributed by atoms with Crippen LogP contribution in [0.1, 0.15) is 34.7 Å². The summed E-state index contributed by atoms with van der Waals surface area (Å²) < 4.78 is 1.82. The summed E-state index contributed by atoms with van der Waals surface area (Å²) in [5.41, 5.74) is 2.00. The van der Waals surface area contributed by atoms with E-state index >= 15 is 0 Å². The third kappa shape index (κ3) is 6.60. The fourth-order valence-corrected chi connectivity index (χ4v) is 4.43. The molecule has 2 aromatic carbocycles. The predicted octanol–water partition coefficient (Wildman–Crippen LogP) is 5.30. The van der Waals surface area contributed by atoms with Gasteiger partial charge in [0.2, 0.25) is 5.91 Å². The monoisotopic (exact) mass is 503 g/mol. The van der Waals surface area contributed by atoms with Gasteiger partial charge in [-0.05, 0) is 43.7 Å². The highest BCUT2D eigenvalue weighted by Crippen LogP contribution is 2.24. The molecule has 2 amide bonds. The van der Waals surface area contributed by atoms with Gasteiger partial charge in [-0.1, -0.05) is 59.2 Å². The molecule has 1 aromatic heterocycles. The molecule has 0 aliphatic carbocycles. The number of thioether (sulfide) groups is 1. The van der Waals surface area contributed by atoms with Gasteiger partial charge in [-0.15, -0.1) is 16.8 Å². The zero-order valence-electron chi connectivity index (χ0n) is 18.1. The van der Waals surface area contributed by atoms with Crippen molar-refractivity contribution in [2.75, 3.05) is 11.1 Å². The Hall–Kier alpha value is -2.81. The lowest BCUT2D eigenvalue weighted by atomic mass is 10.1. The minimum absolute atomic E-state index is 0.101. The molecule has 0 aliphatic rings. The van der Waals surface area contributed by atoms with E-state index in [1.54, 1.807) is 30.3 Å². The molecular formula is C23H23Cl2N5O2S. The first-order valence-electron chi connectivity index (χ1n) is 10.1. The molecule has 0 saturated heterocycles. The van der Waals surface area contributed by atoms with Crippen LogP contribution in [0.15, 0.2) is 60.3 Å². The first-order chi connectivity index (χ1) is 15.8. The SMILES string of the molecule is C=CCn1c(SCC(=O)Nc2cc(Cl)cc(Cl)c2)nnc1[C@@H](C)NC(=O)c1ccccc1C. The molecule has 3 aromatic rings. The highest BCUT2D eigenvalue weighted by molar-refractivity contribution is 7.99. The van der Waals surface area contributed by atoms with Crippen LogP contribution >= 0.6 is 35.0 Å². The van der Waals surface area contributed by atoms with Gasteiger partial charge >= 0.3 is 0 Å². The summed E-state index contributed by atoms with van der Waals surface area (Å²) in [4.78, 5) is 25.1. The Kier molecular flexibility index (Phi) is 8.55. The topological polar surface area (TPSA) is 88.9 Å². The largest absolute Gasteiger partial charge is 0.342 e. The fourth-order valence-electron chi connectivity index (χ4n) is 3.15. The molecule has 0 aliphatic heterocycles. The molecule has 0 unspecified atom stereocenters.